The van der Waals surface area contributed by atoms with E-state index in [1.54, 1.807) is 17.5 Å². The number of aromatic nitrogens is 3. The maximum Gasteiger partial charge on any atom is 0.151 e. The molecule has 1 N–H and O–H groups in total. The molecular formula is C8H5N5. The lowest BCUT2D eigenvalue weighted by atomic mass is 10.2. The molecule has 5 nitrogen and oxygen atoms in total. The van der Waals surface area contributed by atoms with Gasteiger partial charge in [0.25, 0.3) is 0 Å². The van der Waals surface area contributed by atoms with E-state index in [2.05, 4.69) is 10.2 Å². The molecule has 2 aromatic heterocycles. The molecule has 0 fully saturated rings. The monoisotopic (exact) mass is 171 g/mol. The third-order valence-electron chi connectivity index (χ3n) is 1.91. The van der Waals surface area contributed by atoms with Crippen LogP contribution in [0.25, 0.3) is 5.65 Å². The van der Waals surface area contributed by atoms with E-state index in [9.17, 15) is 0 Å². The summed E-state index contributed by atoms with van der Waals surface area (Å²) in [6, 6.07) is 3.93. The van der Waals surface area contributed by atoms with Crippen molar-refractivity contribution in [2.75, 3.05) is 0 Å². The number of nitrogens with one attached hydrogen (secondary N) is 1. The maximum absolute atomic E-state index is 8.78. The molecule has 0 aliphatic heterocycles. The van der Waals surface area contributed by atoms with Crippen LogP contribution in [0, 0.1) is 29.6 Å². The zero-order valence-corrected chi connectivity index (χ0v) is 6.87. The first-order chi connectivity index (χ1) is 6.27. The van der Waals surface area contributed by atoms with Crippen LogP contribution in [-0.2, 0) is 0 Å². The minimum absolute atomic E-state index is 0.350. The van der Waals surface area contributed by atoms with E-state index in [0.717, 1.165) is 5.82 Å². The van der Waals surface area contributed by atoms with Gasteiger partial charge < -0.3 is 0 Å². The largest absolute Gasteiger partial charge is 0.286 e. The van der Waals surface area contributed by atoms with Gasteiger partial charge in [0.05, 0.1) is 5.56 Å². The fourth-order valence-electron chi connectivity index (χ4n) is 1.26. The molecule has 0 saturated heterocycles. The quantitative estimate of drug-likeness (QED) is 0.633. The Balaban J connectivity index is 2.94. The SMILES string of the molecule is Cc1n[nH]c2c(C#N)c(C#N)cn12. The van der Waals surface area contributed by atoms with Gasteiger partial charge in [-0.3, -0.25) is 9.50 Å². The van der Waals surface area contributed by atoms with Gasteiger partial charge in [-0.1, -0.05) is 0 Å². The summed E-state index contributed by atoms with van der Waals surface area (Å²) >= 11 is 0. The second-order valence-corrected chi connectivity index (χ2v) is 2.63. The Morgan fingerprint density at radius 2 is 2.23 bits per heavy atom. The van der Waals surface area contributed by atoms with E-state index in [1.807, 2.05) is 12.1 Å². The lowest BCUT2D eigenvalue weighted by Gasteiger charge is -1.81. The van der Waals surface area contributed by atoms with E-state index in [0.29, 0.717) is 16.8 Å². The zero-order chi connectivity index (χ0) is 9.42. The number of rotatable bonds is 0. The van der Waals surface area contributed by atoms with Gasteiger partial charge in [0, 0.05) is 6.20 Å². The van der Waals surface area contributed by atoms with E-state index in [1.165, 1.54) is 0 Å². The van der Waals surface area contributed by atoms with Crippen LogP contribution in [0.4, 0.5) is 0 Å². The van der Waals surface area contributed by atoms with Crippen molar-refractivity contribution in [3.8, 4) is 12.1 Å². The summed E-state index contributed by atoms with van der Waals surface area (Å²) in [7, 11) is 0. The molecule has 0 saturated carbocycles. The summed E-state index contributed by atoms with van der Waals surface area (Å²) in [5.74, 6) is 0.730. The van der Waals surface area contributed by atoms with Crippen molar-refractivity contribution in [2.24, 2.45) is 0 Å². The molecule has 0 aliphatic rings. The van der Waals surface area contributed by atoms with E-state index >= 15 is 0 Å². The van der Waals surface area contributed by atoms with Crippen LogP contribution in [0.5, 0.6) is 0 Å². The molecule has 13 heavy (non-hydrogen) atoms. The summed E-state index contributed by atoms with van der Waals surface area (Å²) < 4.78 is 1.69. The molecule has 5 heteroatoms. The van der Waals surface area contributed by atoms with Crippen LogP contribution >= 0.6 is 0 Å². The molecule has 0 atom stereocenters. The molecular weight excluding hydrogens is 166 g/mol. The second-order valence-electron chi connectivity index (χ2n) is 2.63. The minimum atomic E-state index is 0.350. The van der Waals surface area contributed by atoms with E-state index < -0.39 is 0 Å². The van der Waals surface area contributed by atoms with Gasteiger partial charge in [-0.15, -0.1) is 0 Å². The Kier molecular flexibility index (Phi) is 1.34. The number of aryl methyl sites for hydroxylation is 1. The first-order valence-corrected chi connectivity index (χ1v) is 3.64. The highest BCUT2D eigenvalue weighted by Gasteiger charge is 2.12. The molecule has 62 valence electrons. The molecule has 2 aromatic rings. The lowest BCUT2D eigenvalue weighted by molar-refractivity contribution is 1.01. The minimum Gasteiger partial charge on any atom is -0.286 e. The molecule has 2 heterocycles. The third kappa shape index (κ3) is 0.814. The van der Waals surface area contributed by atoms with Gasteiger partial charge in [0.1, 0.15) is 23.5 Å². The number of aromatic amines is 1. The number of nitriles is 2. The number of hydrogen-bond donors (Lipinski definition) is 1. The molecule has 0 aliphatic carbocycles. The Morgan fingerprint density at radius 3 is 2.85 bits per heavy atom. The molecule has 0 spiro atoms. The summed E-state index contributed by atoms with van der Waals surface area (Å²) in [5, 5.41) is 24.1. The Labute approximate surface area is 73.8 Å². The van der Waals surface area contributed by atoms with Gasteiger partial charge in [0.15, 0.2) is 5.65 Å². The predicted molar refractivity (Wildman–Crippen MR) is 43.7 cm³/mol. The molecule has 0 aromatic carbocycles. The number of nitrogens with zero attached hydrogens (tertiary/aromatic N) is 4. The predicted octanol–water partition coefficient (Wildman–Crippen LogP) is 0.714. The fourth-order valence-corrected chi connectivity index (χ4v) is 1.26. The highest BCUT2D eigenvalue weighted by molar-refractivity contribution is 5.63. The standard InChI is InChI=1S/C8H5N5/c1-5-11-12-8-7(3-10)6(2-9)4-13(5)8/h4,12H,1H3. The Morgan fingerprint density at radius 1 is 1.46 bits per heavy atom. The lowest BCUT2D eigenvalue weighted by Crippen LogP contribution is -1.80. The van der Waals surface area contributed by atoms with Crippen molar-refractivity contribution >= 4 is 5.65 Å². The topological polar surface area (TPSA) is 80.7 Å². The first-order valence-electron chi connectivity index (χ1n) is 3.64. The van der Waals surface area contributed by atoms with Gasteiger partial charge in [0.2, 0.25) is 0 Å². The van der Waals surface area contributed by atoms with Gasteiger partial charge in [-0.25, -0.2) is 0 Å². The molecule has 2 rings (SSSR count). The van der Waals surface area contributed by atoms with Crippen molar-refractivity contribution in [3.63, 3.8) is 0 Å². The average molecular weight is 171 g/mol. The number of hydrogen-bond acceptors (Lipinski definition) is 3. The van der Waals surface area contributed by atoms with Crippen molar-refractivity contribution in [3.05, 3.63) is 23.1 Å². The van der Waals surface area contributed by atoms with Crippen molar-refractivity contribution in [2.45, 2.75) is 6.92 Å². The smallest absolute Gasteiger partial charge is 0.151 e. The van der Waals surface area contributed by atoms with Crippen molar-refractivity contribution in [1.82, 2.24) is 14.6 Å². The van der Waals surface area contributed by atoms with Gasteiger partial charge >= 0.3 is 0 Å². The third-order valence-corrected chi connectivity index (χ3v) is 1.91. The van der Waals surface area contributed by atoms with Gasteiger partial charge in [-0.05, 0) is 6.92 Å². The molecule has 0 bridgehead atoms. The Bertz CT molecular complexity index is 545. The van der Waals surface area contributed by atoms with Crippen LogP contribution < -0.4 is 0 Å². The van der Waals surface area contributed by atoms with E-state index in [-0.39, 0.29) is 0 Å². The van der Waals surface area contributed by atoms with Gasteiger partial charge in [-0.2, -0.15) is 15.6 Å². The summed E-state index contributed by atoms with van der Waals surface area (Å²) in [4.78, 5) is 0. The van der Waals surface area contributed by atoms with E-state index in [4.69, 9.17) is 10.5 Å². The molecule has 0 radical (unpaired) electrons. The average Bonchev–Trinajstić information content (AvgIpc) is 2.65. The fraction of sp³-hybridized carbons (Fsp3) is 0.125. The second kappa shape index (κ2) is 2.36. The van der Waals surface area contributed by atoms with Crippen LogP contribution in [0.1, 0.15) is 17.0 Å². The van der Waals surface area contributed by atoms with Crippen LogP contribution in [0.2, 0.25) is 0 Å². The van der Waals surface area contributed by atoms with Crippen molar-refractivity contribution in [1.29, 1.82) is 10.5 Å². The highest BCUT2D eigenvalue weighted by atomic mass is 15.2. The number of fused-ring (bicyclic) bond motifs is 1. The highest BCUT2D eigenvalue weighted by Crippen LogP contribution is 2.15. The summed E-state index contributed by atoms with van der Waals surface area (Å²) in [6.07, 6.45) is 1.60. The summed E-state index contributed by atoms with van der Waals surface area (Å²) in [6.45, 7) is 1.80. The summed E-state index contributed by atoms with van der Waals surface area (Å²) in [5.41, 5.74) is 1.30. The number of H-pyrrole nitrogens is 1. The van der Waals surface area contributed by atoms with Crippen molar-refractivity contribution < 1.29 is 0 Å². The Hall–Kier alpha value is -2.27. The zero-order valence-electron chi connectivity index (χ0n) is 6.87. The van der Waals surface area contributed by atoms with Crippen LogP contribution in [0.3, 0.4) is 0 Å². The van der Waals surface area contributed by atoms with Crippen LogP contribution in [0.15, 0.2) is 6.20 Å². The molecule has 0 amide bonds. The molecule has 0 unspecified atom stereocenters. The maximum atomic E-state index is 8.78. The normalized spacial score (nSPS) is 9.77. The first kappa shape index (κ1) is 7.38. The van der Waals surface area contributed by atoms with Crippen LogP contribution in [-0.4, -0.2) is 14.6 Å².